The Balaban J connectivity index is 1.99. The third kappa shape index (κ3) is 6.57. The number of carbonyl (C=O) groups excluding carboxylic acids is 2. The van der Waals surface area contributed by atoms with Crippen molar-refractivity contribution in [3.05, 3.63) is 23.9 Å². The summed E-state index contributed by atoms with van der Waals surface area (Å²) < 4.78 is 44.0. The largest absolute Gasteiger partial charge is 0.410 e. The molecule has 0 saturated carbocycles. The molecule has 162 valence electrons. The molecule has 1 fully saturated rings. The lowest BCUT2D eigenvalue weighted by molar-refractivity contribution is -0.149. The number of nitrogens with zero attached hydrogens (tertiary/aromatic N) is 2. The molecule has 29 heavy (non-hydrogen) atoms. The molecule has 0 bridgehead atoms. The van der Waals surface area contributed by atoms with Crippen LogP contribution in [-0.2, 0) is 16.1 Å². The number of ether oxygens (including phenoxy) is 1. The number of hydrogen-bond donors (Lipinski definition) is 3. The standard InChI is InChI=1S/C18H26F3N5O3/c1-10(29-17(2,3)4)14(22)15(27)25-13-7-11(5-6-23-13)8-26-9-12(18(19,20)21)24-16(26)28/h5-7,10,12,14H,8-9,22H2,1-4H3,(H,24,28)(H,23,25,27)/t10-,12+,14+/m1/s1. The molecule has 1 aliphatic rings. The first-order chi connectivity index (χ1) is 13.3. The van der Waals surface area contributed by atoms with Gasteiger partial charge in [-0.25, -0.2) is 9.78 Å². The smallest absolute Gasteiger partial charge is 0.371 e. The summed E-state index contributed by atoms with van der Waals surface area (Å²) in [5.74, 6) is -0.333. The second-order valence-electron chi connectivity index (χ2n) is 7.92. The first kappa shape index (κ1) is 22.9. The molecule has 0 spiro atoms. The summed E-state index contributed by atoms with van der Waals surface area (Å²) in [4.78, 5) is 29.2. The molecule has 2 heterocycles. The number of rotatable bonds is 6. The minimum atomic E-state index is -4.51. The fraction of sp³-hybridized carbons (Fsp3) is 0.611. The van der Waals surface area contributed by atoms with Gasteiger partial charge in [0.2, 0.25) is 5.91 Å². The Bertz CT molecular complexity index is 751. The number of anilines is 1. The number of urea groups is 1. The highest BCUT2D eigenvalue weighted by Crippen LogP contribution is 2.25. The van der Waals surface area contributed by atoms with Crippen LogP contribution in [0.15, 0.2) is 18.3 Å². The van der Waals surface area contributed by atoms with Crippen LogP contribution in [0.5, 0.6) is 0 Å². The summed E-state index contributed by atoms with van der Waals surface area (Å²) >= 11 is 0. The monoisotopic (exact) mass is 417 g/mol. The van der Waals surface area contributed by atoms with E-state index in [4.69, 9.17) is 10.5 Å². The molecule has 0 radical (unpaired) electrons. The molecule has 3 atom stereocenters. The first-order valence-electron chi connectivity index (χ1n) is 9.07. The Kier molecular flexibility index (Phi) is 6.74. The van der Waals surface area contributed by atoms with Crippen LogP contribution >= 0.6 is 0 Å². The highest BCUT2D eigenvalue weighted by Gasteiger charge is 2.46. The molecule has 0 aliphatic carbocycles. The van der Waals surface area contributed by atoms with E-state index in [1.165, 1.54) is 12.3 Å². The summed E-state index contributed by atoms with van der Waals surface area (Å²) in [6.45, 7) is 6.67. The third-order valence-corrected chi connectivity index (χ3v) is 4.18. The van der Waals surface area contributed by atoms with Gasteiger partial charge < -0.3 is 26.0 Å². The van der Waals surface area contributed by atoms with E-state index in [1.807, 2.05) is 26.1 Å². The maximum Gasteiger partial charge on any atom is 0.410 e. The number of nitrogens with two attached hydrogens (primary N) is 1. The van der Waals surface area contributed by atoms with Crippen molar-refractivity contribution in [2.45, 2.75) is 64.2 Å². The summed E-state index contributed by atoms with van der Waals surface area (Å²) in [6.07, 6.45) is -3.67. The van der Waals surface area contributed by atoms with E-state index in [0.717, 1.165) is 4.90 Å². The van der Waals surface area contributed by atoms with Gasteiger partial charge in [0, 0.05) is 12.7 Å². The minimum absolute atomic E-state index is 0.0562. The molecule has 4 N–H and O–H groups in total. The van der Waals surface area contributed by atoms with Gasteiger partial charge in [0.1, 0.15) is 17.9 Å². The second-order valence-corrected chi connectivity index (χ2v) is 7.92. The van der Waals surface area contributed by atoms with Crippen molar-refractivity contribution in [1.82, 2.24) is 15.2 Å². The van der Waals surface area contributed by atoms with E-state index in [0.29, 0.717) is 5.56 Å². The summed E-state index contributed by atoms with van der Waals surface area (Å²) in [5, 5.41) is 4.47. The van der Waals surface area contributed by atoms with Gasteiger partial charge in [-0.2, -0.15) is 13.2 Å². The molecular formula is C18H26F3N5O3. The number of alkyl halides is 3. The predicted molar refractivity (Wildman–Crippen MR) is 99.9 cm³/mol. The van der Waals surface area contributed by atoms with Gasteiger partial charge in [0.25, 0.3) is 0 Å². The molecule has 0 unspecified atom stereocenters. The number of carbonyl (C=O) groups is 2. The molecule has 2 rings (SSSR count). The SMILES string of the molecule is C[C@@H](OC(C)(C)C)[C@H](N)C(=O)Nc1cc(CN2C[C@@H](C(F)(F)F)NC2=O)ccn1. The molecule has 11 heteroatoms. The molecule has 3 amide bonds. The van der Waals surface area contributed by atoms with Crippen molar-refractivity contribution in [2.24, 2.45) is 5.73 Å². The summed E-state index contributed by atoms with van der Waals surface area (Å²) in [5.41, 5.74) is 5.97. The van der Waals surface area contributed by atoms with Crippen molar-refractivity contribution in [1.29, 1.82) is 0 Å². The average molecular weight is 417 g/mol. The summed E-state index contributed by atoms with van der Waals surface area (Å²) in [6, 6.07) is -0.622. The first-order valence-corrected chi connectivity index (χ1v) is 9.07. The van der Waals surface area contributed by atoms with Crippen LogP contribution < -0.4 is 16.4 Å². The van der Waals surface area contributed by atoms with Crippen molar-refractivity contribution in [3.8, 4) is 0 Å². The van der Waals surface area contributed by atoms with E-state index in [-0.39, 0.29) is 12.4 Å². The number of hydrogen-bond acceptors (Lipinski definition) is 5. The predicted octanol–water partition coefficient (Wildman–Crippen LogP) is 2.01. The van der Waals surface area contributed by atoms with Crippen molar-refractivity contribution >= 4 is 17.8 Å². The number of amides is 3. The Morgan fingerprint density at radius 3 is 2.66 bits per heavy atom. The van der Waals surface area contributed by atoms with Gasteiger partial charge in [-0.1, -0.05) is 0 Å². The molecule has 1 aromatic heterocycles. The van der Waals surface area contributed by atoms with Crippen molar-refractivity contribution < 1.29 is 27.5 Å². The molecule has 8 nitrogen and oxygen atoms in total. The van der Waals surface area contributed by atoms with Gasteiger partial charge in [0.15, 0.2) is 0 Å². The van der Waals surface area contributed by atoms with Crippen LogP contribution in [0.2, 0.25) is 0 Å². The second kappa shape index (κ2) is 8.54. The maximum atomic E-state index is 12.8. The lowest BCUT2D eigenvalue weighted by Gasteiger charge is -2.28. The van der Waals surface area contributed by atoms with E-state index in [2.05, 4.69) is 10.3 Å². The molecule has 1 saturated heterocycles. The summed E-state index contributed by atoms with van der Waals surface area (Å²) in [7, 11) is 0. The van der Waals surface area contributed by atoms with Crippen molar-refractivity contribution in [2.75, 3.05) is 11.9 Å². The van der Waals surface area contributed by atoms with Crippen LogP contribution in [-0.4, -0.2) is 58.3 Å². The van der Waals surface area contributed by atoms with Crippen LogP contribution in [0, 0.1) is 0 Å². The minimum Gasteiger partial charge on any atom is -0.371 e. The van der Waals surface area contributed by atoms with Gasteiger partial charge >= 0.3 is 12.2 Å². The Morgan fingerprint density at radius 2 is 2.10 bits per heavy atom. The zero-order chi connectivity index (χ0) is 22.0. The third-order valence-electron chi connectivity index (χ3n) is 4.18. The Labute approximate surface area is 167 Å². The number of aromatic nitrogens is 1. The zero-order valence-corrected chi connectivity index (χ0v) is 16.7. The number of halogens is 3. The number of pyridine rings is 1. The fourth-order valence-electron chi connectivity index (χ4n) is 2.83. The van der Waals surface area contributed by atoms with Crippen molar-refractivity contribution in [3.63, 3.8) is 0 Å². The highest BCUT2D eigenvalue weighted by molar-refractivity contribution is 5.94. The normalized spacial score (nSPS) is 19.7. The molecule has 0 aromatic carbocycles. The van der Waals surface area contributed by atoms with Crippen LogP contribution in [0.25, 0.3) is 0 Å². The van der Waals surface area contributed by atoms with E-state index < -0.39 is 48.4 Å². The molecule has 1 aliphatic heterocycles. The van der Waals surface area contributed by atoms with Gasteiger partial charge in [-0.3, -0.25) is 4.79 Å². The molecule has 1 aromatic rings. The van der Waals surface area contributed by atoms with E-state index >= 15 is 0 Å². The fourth-order valence-corrected chi connectivity index (χ4v) is 2.83. The number of nitrogens with one attached hydrogen (secondary N) is 2. The zero-order valence-electron chi connectivity index (χ0n) is 16.7. The van der Waals surface area contributed by atoms with Crippen LogP contribution in [0.3, 0.4) is 0 Å². The molecular weight excluding hydrogens is 391 g/mol. The Hall–Kier alpha value is -2.40. The van der Waals surface area contributed by atoms with Crippen LogP contribution in [0.4, 0.5) is 23.8 Å². The quantitative estimate of drug-likeness (QED) is 0.656. The van der Waals surface area contributed by atoms with E-state index in [9.17, 15) is 22.8 Å². The Morgan fingerprint density at radius 1 is 1.45 bits per heavy atom. The van der Waals surface area contributed by atoms with E-state index in [1.54, 1.807) is 13.0 Å². The lowest BCUT2D eigenvalue weighted by atomic mass is 10.1. The van der Waals surface area contributed by atoms with Crippen LogP contribution in [0.1, 0.15) is 33.3 Å². The maximum absolute atomic E-state index is 12.8. The van der Waals surface area contributed by atoms with Gasteiger partial charge in [-0.05, 0) is 45.4 Å². The van der Waals surface area contributed by atoms with Gasteiger partial charge in [-0.15, -0.1) is 0 Å². The lowest BCUT2D eigenvalue weighted by Crippen LogP contribution is -2.47. The topological polar surface area (TPSA) is 110 Å². The highest BCUT2D eigenvalue weighted by atomic mass is 19.4. The van der Waals surface area contributed by atoms with Gasteiger partial charge in [0.05, 0.1) is 18.2 Å². The average Bonchev–Trinajstić information content (AvgIpc) is 2.94.